The number of nitro groups is 1. The fourth-order valence-electron chi connectivity index (χ4n) is 3.71. The SMILES string of the molecule is O=C(Nc1cc(Oc2ccccc2)cc([N+](=O)[O-])c1)c1cn(-c2ccccc2)nc1-c1ccccc1. The highest BCUT2D eigenvalue weighted by Crippen LogP contribution is 2.31. The number of hydrogen-bond acceptors (Lipinski definition) is 5. The van der Waals surface area contributed by atoms with Crippen LogP contribution in [0.5, 0.6) is 11.5 Å². The molecule has 1 heterocycles. The van der Waals surface area contributed by atoms with Gasteiger partial charge in [-0.15, -0.1) is 0 Å². The summed E-state index contributed by atoms with van der Waals surface area (Å²) >= 11 is 0. The lowest BCUT2D eigenvalue weighted by Crippen LogP contribution is -2.12. The predicted octanol–water partition coefficient (Wildman–Crippen LogP) is 6.49. The highest BCUT2D eigenvalue weighted by atomic mass is 16.6. The van der Waals surface area contributed by atoms with Crippen molar-refractivity contribution in [2.75, 3.05) is 5.32 Å². The van der Waals surface area contributed by atoms with Crippen molar-refractivity contribution in [3.63, 3.8) is 0 Å². The summed E-state index contributed by atoms with van der Waals surface area (Å²) in [5.41, 5.74) is 2.39. The van der Waals surface area contributed by atoms with Crippen LogP contribution >= 0.6 is 0 Å². The van der Waals surface area contributed by atoms with Crippen molar-refractivity contribution in [1.82, 2.24) is 9.78 Å². The van der Waals surface area contributed by atoms with E-state index in [1.54, 1.807) is 41.2 Å². The van der Waals surface area contributed by atoms with Crippen LogP contribution in [0, 0.1) is 10.1 Å². The van der Waals surface area contributed by atoms with E-state index < -0.39 is 10.8 Å². The first-order chi connectivity index (χ1) is 17.6. The molecule has 0 aliphatic rings. The molecule has 1 aromatic heterocycles. The Bertz CT molecular complexity index is 1520. The van der Waals surface area contributed by atoms with E-state index >= 15 is 0 Å². The fraction of sp³-hybridized carbons (Fsp3) is 0. The van der Waals surface area contributed by atoms with E-state index in [1.165, 1.54) is 12.1 Å². The molecule has 0 radical (unpaired) electrons. The van der Waals surface area contributed by atoms with Gasteiger partial charge in [-0.05, 0) is 24.3 Å². The molecule has 1 amide bonds. The molecule has 0 bridgehead atoms. The average Bonchev–Trinajstić information content (AvgIpc) is 3.36. The predicted molar refractivity (Wildman–Crippen MR) is 137 cm³/mol. The number of ether oxygens (including phenoxy) is 1. The van der Waals surface area contributed by atoms with Crippen LogP contribution in [0.1, 0.15) is 10.4 Å². The topological polar surface area (TPSA) is 99.3 Å². The van der Waals surface area contributed by atoms with Gasteiger partial charge in [0.25, 0.3) is 11.6 Å². The summed E-state index contributed by atoms with van der Waals surface area (Å²) in [6.45, 7) is 0. The van der Waals surface area contributed by atoms with Crippen molar-refractivity contribution in [3.8, 4) is 28.4 Å². The first kappa shape index (κ1) is 22.5. The molecular formula is C28H20N4O4. The van der Waals surface area contributed by atoms with Gasteiger partial charge in [0.1, 0.15) is 17.2 Å². The fourth-order valence-corrected chi connectivity index (χ4v) is 3.71. The van der Waals surface area contributed by atoms with Crippen LogP contribution in [0.4, 0.5) is 11.4 Å². The second-order valence-corrected chi connectivity index (χ2v) is 7.88. The van der Waals surface area contributed by atoms with E-state index in [9.17, 15) is 14.9 Å². The highest BCUT2D eigenvalue weighted by Gasteiger charge is 2.20. The number of anilines is 1. The molecular weight excluding hydrogens is 456 g/mol. The molecule has 0 unspecified atom stereocenters. The molecule has 1 N–H and O–H groups in total. The van der Waals surface area contributed by atoms with E-state index in [-0.39, 0.29) is 17.1 Å². The van der Waals surface area contributed by atoms with Crippen LogP contribution in [0.25, 0.3) is 16.9 Å². The Morgan fingerprint density at radius 2 is 1.47 bits per heavy atom. The highest BCUT2D eigenvalue weighted by molar-refractivity contribution is 6.08. The Kier molecular flexibility index (Phi) is 6.23. The molecule has 0 saturated heterocycles. The number of carbonyl (C=O) groups is 1. The Labute approximate surface area is 206 Å². The monoisotopic (exact) mass is 476 g/mol. The normalized spacial score (nSPS) is 10.6. The van der Waals surface area contributed by atoms with E-state index in [4.69, 9.17) is 4.74 Å². The molecule has 5 aromatic rings. The third-order valence-corrected chi connectivity index (χ3v) is 5.37. The Hall–Kier alpha value is -5.24. The third-order valence-electron chi connectivity index (χ3n) is 5.37. The second-order valence-electron chi connectivity index (χ2n) is 7.88. The van der Waals surface area contributed by atoms with Gasteiger partial charge >= 0.3 is 0 Å². The quantitative estimate of drug-likeness (QED) is 0.214. The van der Waals surface area contributed by atoms with E-state index in [0.29, 0.717) is 17.0 Å². The number of hydrogen-bond donors (Lipinski definition) is 1. The molecule has 0 aliphatic carbocycles. The van der Waals surface area contributed by atoms with Gasteiger partial charge in [-0.25, -0.2) is 4.68 Å². The molecule has 4 aromatic carbocycles. The maximum absolute atomic E-state index is 13.4. The number of nitrogens with zero attached hydrogens (tertiary/aromatic N) is 3. The lowest BCUT2D eigenvalue weighted by molar-refractivity contribution is -0.384. The molecule has 0 saturated carbocycles. The molecule has 5 rings (SSSR count). The summed E-state index contributed by atoms with van der Waals surface area (Å²) in [5.74, 6) is 0.293. The van der Waals surface area contributed by atoms with Crippen LogP contribution in [0.3, 0.4) is 0 Å². The maximum Gasteiger partial charge on any atom is 0.275 e. The van der Waals surface area contributed by atoms with E-state index in [1.807, 2.05) is 66.7 Å². The zero-order valence-corrected chi connectivity index (χ0v) is 18.9. The minimum atomic E-state index is -0.531. The van der Waals surface area contributed by atoms with E-state index in [0.717, 1.165) is 11.3 Å². The summed E-state index contributed by atoms with van der Waals surface area (Å²) in [4.78, 5) is 24.4. The number of carbonyl (C=O) groups excluding carboxylic acids is 1. The van der Waals surface area contributed by atoms with Gasteiger partial charge in [0.15, 0.2) is 0 Å². The molecule has 8 heteroatoms. The van der Waals surface area contributed by atoms with Crippen molar-refractivity contribution in [2.45, 2.75) is 0 Å². The van der Waals surface area contributed by atoms with Gasteiger partial charge < -0.3 is 10.1 Å². The van der Waals surface area contributed by atoms with Gasteiger partial charge in [-0.1, -0.05) is 66.7 Å². The molecule has 36 heavy (non-hydrogen) atoms. The number of nitrogens with one attached hydrogen (secondary N) is 1. The summed E-state index contributed by atoms with van der Waals surface area (Å²) in [7, 11) is 0. The van der Waals surface area contributed by atoms with Crippen molar-refractivity contribution in [2.24, 2.45) is 0 Å². The lowest BCUT2D eigenvalue weighted by atomic mass is 10.1. The summed E-state index contributed by atoms with van der Waals surface area (Å²) in [5, 5.41) is 19.0. The van der Waals surface area contributed by atoms with Gasteiger partial charge in [-0.3, -0.25) is 14.9 Å². The number of benzene rings is 4. The lowest BCUT2D eigenvalue weighted by Gasteiger charge is -2.09. The number of aromatic nitrogens is 2. The van der Waals surface area contributed by atoms with Crippen LogP contribution in [-0.2, 0) is 0 Å². The number of non-ortho nitro benzene ring substituents is 1. The molecule has 8 nitrogen and oxygen atoms in total. The second kappa shape index (κ2) is 9.94. The Morgan fingerprint density at radius 3 is 2.14 bits per heavy atom. The molecule has 0 aliphatic heterocycles. The van der Waals surface area contributed by atoms with Crippen LogP contribution in [0.2, 0.25) is 0 Å². The third kappa shape index (κ3) is 4.97. The molecule has 0 fully saturated rings. The number of nitro benzene ring substituents is 1. The van der Waals surface area contributed by atoms with Crippen molar-refractivity contribution >= 4 is 17.3 Å². The number of para-hydroxylation sites is 2. The maximum atomic E-state index is 13.4. The Balaban J connectivity index is 1.51. The zero-order valence-electron chi connectivity index (χ0n) is 18.9. The van der Waals surface area contributed by atoms with Gasteiger partial charge in [0.05, 0.1) is 27.9 Å². The minimum absolute atomic E-state index is 0.206. The van der Waals surface area contributed by atoms with Crippen LogP contribution in [-0.4, -0.2) is 20.6 Å². The van der Waals surface area contributed by atoms with Crippen molar-refractivity contribution in [1.29, 1.82) is 0 Å². The zero-order chi connectivity index (χ0) is 24.9. The number of rotatable bonds is 7. The summed E-state index contributed by atoms with van der Waals surface area (Å²) in [6, 6.07) is 31.8. The van der Waals surface area contributed by atoms with Crippen LogP contribution < -0.4 is 10.1 Å². The largest absolute Gasteiger partial charge is 0.457 e. The Morgan fingerprint density at radius 1 is 0.833 bits per heavy atom. The van der Waals surface area contributed by atoms with Crippen molar-refractivity contribution < 1.29 is 14.5 Å². The van der Waals surface area contributed by atoms with Gasteiger partial charge in [0, 0.05) is 23.9 Å². The first-order valence-corrected chi connectivity index (χ1v) is 11.1. The smallest absolute Gasteiger partial charge is 0.275 e. The molecule has 176 valence electrons. The van der Waals surface area contributed by atoms with Gasteiger partial charge in [0.2, 0.25) is 0 Å². The van der Waals surface area contributed by atoms with Crippen LogP contribution in [0.15, 0.2) is 115 Å². The molecule has 0 atom stereocenters. The van der Waals surface area contributed by atoms with Crippen molar-refractivity contribution in [3.05, 3.63) is 131 Å². The molecule has 0 spiro atoms. The standard InChI is InChI=1S/C28H20N4O4/c33-28(29-21-16-23(32(34)35)18-25(17-21)36-24-14-8-3-9-15-24)26-19-31(22-12-6-2-7-13-22)30-27(26)20-10-4-1-5-11-20/h1-19H,(H,29,33). The average molecular weight is 476 g/mol. The van der Waals surface area contributed by atoms with Gasteiger partial charge in [-0.2, -0.15) is 5.10 Å². The first-order valence-electron chi connectivity index (χ1n) is 11.1. The minimum Gasteiger partial charge on any atom is -0.457 e. The van der Waals surface area contributed by atoms with E-state index in [2.05, 4.69) is 10.4 Å². The number of amides is 1. The summed E-state index contributed by atoms with van der Waals surface area (Å²) in [6.07, 6.45) is 1.64. The summed E-state index contributed by atoms with van der Waals surface area (Å²) < 4.78 is 7.41.